The highest BCUT2D eigenvalue weighted by Gasteiger charge is 2.19. The first-order chi connectivity index (χ1) is 6.88. The van der Waals surface area contributed by atoms with E-state index in [1.807, 2.05) is 19.9 Å². The lowest BCUT2D eigenvalue weighted by atomic mass is 9.81. The van der Waals surface area contributed by atoms with Crippen molar-refractivity contribution < 1.29 is 4.39 Å². The minimum Gasteiger partial charge on any atom is -0.207 e. The second-order valence-corrected chi connectivity index (χ2v) is 5.13. The molecule has 1 aromatic carbocycles. The Balaban J connectivity index is 3.12. The Labute approximate surface area is 92.5 Å². The van der Waals surface area contributed by atoms with E-state index in [9.17, 15) is 4.39 Å². The highest BCUT2D eigenvalue weighted by molar-refractivity contribution is 5.30. The van der Waals surface area contributed by atoms with Crippen molar-refractivity contribution in [2.75, 3.05) is 0 Å². The van der Waals surface area contributed by atoms with Gasteiger partial charge in [0.15, 0.2) is 0 Å². The molecule has 0 nitrogen and oxygen atoms in total. The molecule has 15 heavy (non-hydrogen) atoms. The molecule has 1 heteroatoms. The lowest BCUT2D eigenvalue weighted by Crippen LogP contribution is -2.16. The lowest BCUT2D eigenvalue weighted by molar-refractivity contribution is 0.498. The first-order valence-electron chi connectivity index (χ1n) is 5.68. The molecule has 1 rings (SSSR count). The molecule has 0 saturated carbocycles. The Morgan fingerprint density at radius 2 is 1.87 bits per heavy atom. The molecule has 0 aromatic heterocycles. The zero-order chi connectivity index (χ0) is 11.6. The van der Waals surface area contributed by atoms with E-state index in [-0.39, 0.29) is 17.2 Å². The number of benzene rings is 1. The van der Waals surface area contributed by atoms with Gasteiger partial charge in [0.25, 0.3) is 0 Å². The molecule has 0 aliphatic rings. The Morgan fingerprint density at radius 3 is 2.27 bits per heavy atom. The van der Waals surface area contributed by atoms with Crippen LogP contribution in [0.3, 0.4) is 0 Å². The first-order valence-corrected chi connectivity index (χ1v) is 5.68. The summed E-state index contributed by atoms with van der Waals surface area (Å²) >= 11 is 0. The van der Waals surface area contributed by atoms with Crippen molar-refractivity contribution in [3.63, 3.8) is 0 Å². The third kappa shape index (κ3) is 2.58. The molecule has 84 valence electrons. The standard InChI is InChI=1S/C14H21F/c1-6-14(4,5)11-7-8-12(10(2)3)13(15)9-11/h7-10H,6H2,1-5H3. The molecule has 0 N–H and O–H groups in total. The summed E-state index contributed by atoms with van der Waals surface area (Å²) < 4.78 is 13.8. The van der Waals surface area contributed by atoms with Gasteiger partial charge in [-0.3, -0.25) is 0 Å². The van der Waals surface area contributed by atoms with Crippen molar-refractivity contribution in [2.45, 2.75) is 52.4 Å². The molecule has 0 radical (unpaired) electrons. The number of rotatable bonds is 3. The fourth-order valence-electron chi connectivity index (χ4n) is 1.62. The van der Waals surface area contributed by atoms with Crippen molar-refractivity contribution in [1.82, 2.24) is 0 Å². The zero-order valence-electron chi connectivity index (χ0n) is 10.4. The second kappa shape index (κ2) is 4.34. The molecular formula is C14H21F. The topological polar surface area (TPSA) is 0 Å². The van der Waals surface area contributed by atoms with Gasteiger partial charge in [0.1, 0.15) is 5.82 Å². The van der Waals surface area contributed by atoms with Gasteiger partial charge in [-0.15, -0.1) is 0 Å². The normalized spacial score (nSPS) is 12.2. The Kier molecular flexibility index (Phi) is 3.54. The molecule has 0 aliphatic carbocycles. The summed E-state index contributed by atoms with van der Waals surface area (Å²) in [5, 5.41) is 0. The van der Waals surface area contributed by atoms with Crippen LogP contribution in [-0.4, -0.2) is 0 Å². The summed E-state index contributed by atoms with van der Waals surface area (Å²) in [7, 11) is 0. The van der Waals surface area contributed by atoms with Crippen LogP contribution in [0.15, 0.2) is 18.2 Å². The van der Waals surface area contributed by atoms with Crippen LogP contribution < -0.4 is 0 Å². The van der Waals surface area contributed by atoms with Gasteiger partial charge in [0.05, 0.1) is 0 Å². The summed E-state index contributed by atoms with van der Waals surface area (Å²) in [6, 6.07) is 5.67. The van der Waals surface area contributed by atoms with Crippen LogP contribution in [0.4, 0.5) is 4.39 Å². The van der Waals surface area contributed by atoms with E-state index in [1.54, 1.807) is 6.07 Å². The minimum atomic E-state index is -0.0657. The maximum Gasteiger partial charge on any atom is 0.126 e. The maximum absolute atomic E-state index is 13.8. The first kappa shape index (κ1) is 12.2. The highest BCUT2D eigenvalue weighted by Crippen LogP contribution is 2.29. The molecule has 0 fully saturated rings. The quantitative estimate of drug-likeness (QED) is 0.679. The summed E-state index contributed by atoms with van der Waals surface area (Å²) in [6.07, 6.45) is 1.02. The predicted molar refractivity (Wildman–Crippen MR) is 63.8 cm³/mol. The van der Waals surface area contributed by atoms with Gasteiger partial charge in [-0.05, 0) is 34.9 Å². The largest absolute Gasteiger partial charge is 0.207 e. The van der Waals surface area contributed by atoms with Crippen LogP contribution in [0.1, 0.15) is 58.1 Å². The Morgan fingerprint density at radius 1 is 1.27 bits per heavy atom. The van der Waals surface area contributed by atoms with Crippen molar-refractivity contribution >= 4 is 0 Å². The molecule has 0 aliphatic heterocycles. The van der Waals surface area contributed by atoms with Crippen LogP contribution in [0.2, 0.25) is 0 Å². The summed E-state index contributed by atoms with van der Waals surface area (Å²) in [6.45, 7) is 10.5. The minimum absolute atomic E-state index is 0.0657. The van der Waals surface area contributed by atoms with Gasteiger partial charge in [0, 0.05) is 0 Å². The van der Waals surface area contributed by atoms with E-state index < -0.39 is 0 Å². The smallest absolute Gasteiger partial charge is 0.126 e. The van der Waals surface area contributed by atoms with E-state index in [4.69, 9.17) is 0 Å². The zero-order valence-corrected chi connectivity index (χ0v) is 10.4. The highest BCUT2D eigenvalue weighted by atomic mass is 19.1. The number of halogens is 1. The van der Waals surface area contributed by atoms with E-state index in [2.05, 4.69) is 26.8 Å². The van der Waals surface area contributed by atoms with E-state index in [0.717, 1.165) is 17.5 Å². The SMILES string of the molecule is CCC(C)(C)c1ccc(C(C)C)c(F)c1. The second-order valence-electron chi connectivity index (χ2n) is 5.13. The predicted octanol–water partition coefficient (Wildman–Crippen LogP) is 4.64. The van der Waals surface area contributed by atoms with Crippen molar-refractivity contribution in [1.29, 1.82) is 0 Å². The van der Waals surface area contributed by atoms with Gasteiger partial charge in [-0.2, -0.15) is 0 Å². The monoisotopic (exact) mass is 208 g/mol. The molecule has 0 spiro atoms. The fraction of sp³-hybridized carbons (Fsp3) is 0.571. The molecule has 0 atom stereocenters. The van der Waals surface area contributed by atoms with Crippen molar-refractivity contribution in [3.05, 3.63) is 35.1 Å². The third-order valence-electron chi connectivity index (χ3n) is 3.29. The summed E-state index contributed by atoms with van der Waals surface area (Å²) in [5.41, 5.74) is 1.97. The molecule has 0 unspecified atom stereocenters. The molecular weight excluding hydrogens is 187 g/mol. The van der Waals surface area contributed by atoms with E-state index in [0.29, 0.717) is 0 Å². The summed E-state index contributed by atoms with van der Waals surface area (Å²) in [5.74, 6) is 0.188. The van der Waals surface area contributed by atoms with Crippen LogP contribution >= 0.6 is 0 Å². The van der Waals surface area contributed by atoms with E-state index >= 15 is 0 Å². The molecule has 1 aromatic rings. The number of hydrogen-bond donors (Lipinski definition) is 0. The lowest BCUT2D eigenvalue weighted by Gasteiger charge is -2.24. The van der Waals surface area contributed by atoms with Crippen LogP contribution in [0.25, 0.3) is 0 Å². The number of hydrogen-bond acceptors (Lipinski definition) is 0. The van der Waals surface area contributed by atoms with Crippen LogP contribution in [0, 0.1) is 5.82 Å². The van der Waals surface area contributed by atoms with Crippen molar-refractivity contribution in [2.24, 2.45) is 0 Å². The average molecular weight is 208 g/mol. The van der Waals surface area contributed by atoms with Gasteiger partial charge < -0.3 is 0 Å². The molecule has 0 heterocycles. The van der Waals surface area contributed by atoms with Gasteiger partial charge in [-0.25, -0.2) is 4.39 Å². The van der Waals surface area contributed by atoms with Gasteiger partial charge >= 0.3 is 0 Å². The molecule has 0 saturated heterocycles. The fourth-order valence-corrected chi connectivity index (χ4v) is 1.62. The molecule has 0 amide bonds. The van der Waals surface area contributed by atoms with Crippen LogP contribution in [0.5, 0.6) is 0 Å². The average Bonchev–Trinajstić information content (AvgIpc) is 2.17. The van der Waals surface area contributed by atoms with E-state index in [1.165, 1.54) is 0 Å². The van der Waals surface area contributed by atoms with Crippen molar-refractivity contribution in [3.8, 4) is 0 Å². The molecule has 0 bridgehead atoms. The maximum atomic E-state index is 13.8. The van der Waals surface area contributed by atoms with Crippen LogP contribution in [-0.2, 0) is 5.41 Å². The Bertz CT molecular complexity index is 337. The summed E-state index contributed by atoms with van der Waals surface area (Å²) in [4.78, 5) is 0. The van der Waals surface area contributed by atoms with Gasteiger partial charge in [-0.1, -0.05) is 46.8 Å². The Hall–Kier alpha value is -0.850. The van der Waals surface area contributed by atoms with Gasteiger partial charge in [0.2, 0.25) is 0 Å². The third-order valence-corrected chi connectivity index (χ3v) is 3.29.